The molecule has 10 nitrogen and oxygen atoms in total. The lowest BCUT2D eigenvalue weighted by Crippen LogP contribution is -2.57. The van der Waals surface area contributed by atoms with Crippen molar-refractivity contribution < 1.29 is 33.1 Å². The molecule has 4 N–H and O–H groups in total. The van der Waals surface area contributed by atoms with Crippen LogP contribution in [0.1, 0.15) is 71.9 Å². The molecule has 0 aromatic heterocycles. The van der Waals surface area contributed by atoms with Gasteiger partial charge in [-0.05, 0) is 60.3 Å². The SMILES string of the molecule is CC(C)C[C@H](NC(=O)OCc1ccccc1)C(=O)N[C@@H](CC(C)C)C(=O)N[C@@H](CC(C)C)C(=O)C(=O)NCc1ccc(F)cc1. The molecule has 11 heteroatoms. The van der Waals surface area contributed by atoms with Crippen molar-refractivity contribution in [2.75, 3.05) is 0 Å². The Hall–Kier alpha value is -4.28. The highest BCUT2D eigenvalue weighted by molar-refractivity contribution is 6.38. The van der Waals surface area contributed by atoms with E-state index in [2.05, 4.69) is 21.3 Å². The summed E-state index contributed by atoms with van der Waals surface area (Å²) in [7, 11) is 0. The van der Waals surface area contributed by atoms with Crippen molar-refractivity contribution in [2.45, 2.75) is 92.1 Å². The van der Waals surface area contributed by atoms with Gasteiger partial charge in [-0.3, -0.25) is 19.2 Å². The van der Waals surface area contributed by atoms with Crippen LogP contribution in [0.15, 0.2) is 54.6 Å². The lowest BCUT2D eigenvalue weighted by molar-refractivity contribution is -0.141. The fraction of sp³-hybridized carbons (Fsp3) is 0.500. The largest absolute Gasteiger partial charge is 0.445 e. The number of alkyl carbamates (subject to hydrolysis) is 1. The predicted molar refractivity (Wildman–Crippen MR) is 169 cm³/mol. The minimum absolute atomic E-state index is 0.00773. The van der Waals surface area contributed by atoms with E-state index in [-0.39, 0.29) is 43.7 Å². The van der Waals surface area contributed by atoms with E-state index < -0.39 is 53.5 Å². The highest BCUT2D eigenvalue weighted by Gasteiger charge is 2.32. The van der Waals surface area contributed by atoms with E-state index in [1.165, 1.54) is 24.3 Å². The van der Waals surface area contributed by atoms with Crippen molar-refractivity contribution >= 4 is 29.6 Å². The summed E-state index contributed by atoms with van der Waals surface area (Å²) in [4.78, 5) is 65.4. The molecule has 3 atom stereocenters. The molecule has 246 valence electrons. The monoisotopic (exact) mass is 626 g/mol. The van der Waals surface area contributed by atoms with Crippen molar-refractivity contribution in [3.63, 3.8) is 0 Å². The lowest BCUT2D eigenvalue weighted by Gasteiger charge is -2.27. The van der Waals surface area contributed by atoms with Crippen LogP contribution < -0.4 is 21.3 Å². The second-order valence-electron chi connectivity index (χ2n) is 12.4. The van der Waals surface area contributed by atoms with Crippen LogP contribution in [0.4, 0.5) is 9.18 Å². The number of hydrogen-bond donors (Lipinski definition) is 4. The van der Waals surface area contributed by atoms with E-state index >= 15 is 0 Å². The van der Waals surface area contributed by atoms with Gasteiger partial charge in [0.2, 0.25) is 17.6 Å². The minimum atomic E-state index is -1.13. The van der Waals surface area contributed by atoms with Crippen LogP contribution in [-0.2, 0) is 37.1 Å². The molecule has 0 saturated carbocycles. The van der Waals surface area contributed by atoms with E-state index in [1.807, 2.05) is 71.9 Å². The number of Topliss-reactive ketones (excluding diaryl/α,β-unsaturated/α-hetero) is 1. The quantitative estimate of drug-likeness (QED) is 0.192. The summed E-state index contributed by atoms with van der Waals surface area (Å²) in [5.41, 5.74) is 1.40. The van der Waals surface area contributed by atoms with Gasteiger partial charge < -0.3 is 26.0 Å². The second-order valence-corrected chi connectivity index (χ2v) is 12.4. The molecule has 0 aliphatic heterocycles. The molecule has 0 spiro atoms. The molecular weight excluding hydrogens is 579 g/mol. The Balaban J connectivity index is 2.11. The summed E-state index contributed by atoms with van der Waals surface area (Å²) in [6.45, 7) is 11.3. The predicted octanol–water partition coefficient (Wildman–Crippen LogP) is 4.41. The van der Waals surface area contributed by atoms with Crippen molar-refractivity contribution in [3.05, 3.63) is 71.5 Å². The third-order valence-corrected chi connectivity index (χ3v) is 6.80. The molecular formula is C34H47FN4O6. The number of rotatable bonds is 17. The van der Waals surface area contributed by atoms with Crippen molar-refractivity contribution in [2.24, 2.45) is 17.8 Å². The third kappa shape index (κ3) is 13.9. The Labute approximate surface area is 265 Å². The zero-order chi connectivity index (χ0) is 33.5. The number of nitrogens with one attached hydrogen (secondary N) is 4. The standard InChI is InChI=1S/C34H47FN4O6/c1-21(2)16-27(30(40)33(43)36-19-24-12-14-26(35)15-13-24)37-31(41)28(17-22(3)4)38-32(42)29(18-23(5)6)39-34(44)45-20-25-10-8-7-9-11-25/h7-15,21-23,27-29H,16-20H2,1-6H3,(H,36,43)(H,37,41)(H,38,42)(H,39,44)/t27-,28-,29-/m0/s1. The molecule has 2 rings (SSSR count). The van der Waals surface area contributed by atoms with Crippen molar-refractivity contribution in [1.82, 2.24) is 21.3 Å². The smallest absolute Gasteiger partial charge is 0.408 e. The highest BCUT2D eigenvalue weighted by Crippen LogP contribution is 2.12. The van der Waals surface area contributed by atoms with Crippen LogP contribution in [0, 0.1) is 23.6 Å². The first-order chi connectivity index (χ1) is 21.2. The van der Waals surface area contributed by atoms with Gasteiger partial charge in [0.1, 0.15) is 24.5 Å². The molecule has 0 saturated heterocycles. The van der Waals surface area contributed by atoms with Gasteiger partial charge in [0.05, 0.1) is 6.04 Å². The number of carbonyl (C=O) groups is 5. The summed E-state index contributed by atoms with van der Waals surface area (Å²) < 4.78 is 18.5. The number of hydrogen-bond acceptors (Lipinski definition) is 6. The van der Waals surface area contributed by atoms with E-state index in [9.17, 15) is 28.4 Å². The van der Waals surface area contributed by atoms with Crippen LogP contribution in [-0.4, -0.2) is 47.7 Å². The van der Waals surface area contributed by atoms with Gasteiger partial charge in [0.25, 0.3) is 5.91 Å². The zero-order valence-electron chi connectivity index (χ0n) is 27.0. The molecule has 0 fully saturated rings. The first kappa shape index (κ1) is 36.9. The topological polar surface area (TPSA) is 143 Å². The number of halogens is 1. The molecule has 0 aliphatic rings. The summed E-state index contributed by atoms with van der Waals surface area (Å²) in [5.74, 6) is -3.32. The summed E-state index contributed by atoms with van der Waals surface area (Å²) >= 11 is 0. The number of ether oxygens (including phenoxy) is 1. The molecule has 45 heavy (non-hydrogen) atoms. The molecule has 2 aromatic rings. The molecule has 0 heterocycles. The van der Waals surface area contributed by atoms with Crippen LogP contribution in [0.2, 0.25) is 0 Å². The Bertz CT molecular complexity index is 1270. The van der Waals surface area contributed by atoms with E-state index in [0.717, 1.165) is 5.56 Å². The Morgan fingerprint density at radius 2 is 1.13 bits per heavy atom. The maximum Gasteiger partial charge on any atom is 0.408 e. The fourth-order valence-electron chi connectivity index (χ4n) is 4.59. The maximum absolute atomic E-state index is 13.5. The first-order valence-electron chi connectivity index (χ1n) is 15.4. The molecule has 4 amide bonds. The van der Waals surface area contributed by atoms with Gasteiger partial charge in [-0.15, -0.1) is 0 Å². The number of amides is 4. The van der Waals surface area contributed by atoms with Gasteiger partial charge in [0.15, 0.2) is 0 Å². The average molecular weight is 627 g/mol. The summed E-state index contributed by atoms with van der Waals surface area (Å²) in [5, 5.41) is 10.6. The Morgan fingerprint density at radius 1 is 0.644 bits per heavy atom. The normalized spacial score (nSPS) is 13.1. The average Bonchev–Trinajstić information content (AvgIpc) is 2.98. The van der Waals surface area contributed by atoms with Gasteiger partial charge >= 0.3 is 6.09 Å². The van der Waals surface area contributed by atoms with Crippen molar-refractivity contribution in [1.29, 1.82) is 0 Å². The number of carbonyl (C=O) groups excluding carboxylic acids is 5. The Kier molecular flexibility index (Phi) is 15.2. The summed E-state index contributed by atoms with van der Waals surface area (Å²) in [6.07, 6.45) is -0.0186. The number of benzene rings is 2. The molecule has 0 aliphatic carbocycles. The van der Waals surface area contributed by atoms with Crippen LogP contribution in [0.25, 0.3) is 0 Å². The van der Waals surface area contributed by atoms with E-state index in [1.54, 1.807) is 0 Å². The third-order valence-electron chi connectivity index (χ3n) is 6.80. The van der Waals surface area contributed by atoms with Gasteiger partial charge in [-0.25, -0.2) is 9.18 Å². The maximum atomic E-state index is 13.5. The van der Waals surface area contributed by atoms with E-state index in [4.69, 9.17) is 4.74 Å². The van der Waals surface area contributed by atoms with Gasteiger partial charge in [-0.2, -0.15) is 0 Å². The van der Waals surface area contributed by atoms with Crippen LogP contribution in [0.5, 0.6) is 0 Å². The zero-order valence-corrected chi connectivity index (χ0v) is 27.0. The minimum Gasteiger partial charge on any atom is -0.445 e. The second kappa shape index (κ2) is 18.5. The molecule has 0 radical (unpaired) electrons. The first-order valence-corrected chi connectivity index (χ1v) is 15.4. The molecule has 2 aromatic carbocycles. The molecule has 0 unspecified atom stereocenters. The summed E-state index contributed by atoms with van der Waals surface area (Å²) in [6, 6.07) is 11.5. The fourth-order valence-corrected chi connectivity index (χ4v) is 4.59. The Morgan fingerprint density at radius 3 is 1.67 bits per heavy atom. The van der Waals surface area contributed by atoms with Crippen molar-refractivity contribution in [3.8, 4) is 0 Å². The van der Waals surface area contributed by atoms with Gasteiger partial charge in [-0.1, -0.05) is 84.0 Å². The van der Waals surface area contributed by atoms with E-state index in [0.29, 0.717) is 12.0 Å². The lowest BCUT2D eigenvalue weighted by atomic mass is 9.97. The highest BCUT2D eigenvalue weighted by atomic mass is 19.1. The van der Waals surface area contributed by atoms with Crippen LogP contribution >= 0.6 is 0 Å². The van der Waals surface area contributed by atoms with Gasteiger partial charge in [0, 0.05) is 6.54 Å². The van der Waals surface area contributed by atoms with Crippen LogP contribution in [0.3, 0.4) is 0 Å². The molecule has 0 bridgehead atoms. The number of ketones is 1.